The van der Waals surface area contributed by atoms with E-state index in [4.69, 9.17) is 9.72 Å². The lowest BCUT2D eigenvalue weighted by molar-refractivity contribution is -0.00523. The molecule has 0 aromatic carbocycles. The molecule has 0 saturated carbocycles. The van der Waals surface area contributed by atoms with Crippen molar-refractivity contribution >= 4 is 22.8 Å². The molecular formula is C14H22N2O2S. The zero-order valence-corrected chi connectivity index (χ0v) is 13.1. The molecule has 4 nitrogen and oxygen atoms in total. The summed E-state index contributed by atoms with van der Waals surface area (Å²) < 4.78 is 5.73. The molecule has 0 aliphatic carbocycles. The van der Waals surface area contributed by atoms with Crippen molar-refractivity contribution in [3.05, 3.63) is 10.6 Å². The summed E-state index contributed by atoms with van der Waals surface area (Å²) in [6.07, 6.45) is 1.32. The molecule has 5 heteroatoms. The van der Waals surface area contributed by atoms with Crippen LogP contribution in [0.15, 0.2) is 0 Å². The molecule has 2 atom stereocenters. The highest BCUT2D eigenvalue weighted by Gasteiger charge is 2.28. The third-order valence-corrected chi connectivity index (χ3v) is 4.19. The lowest BCUT2D eigenvalue weighted by Gasteiger charge is -2.35. The van der Waals surface area contributed by atoms with Gasteiger partial charge in [0.15, 0.2) is 11.4 Å². The highest BCUT2D eigenvalue weighted by Crippen LogP contribution is 2.33. The lowest BCUT2D eigenvalue weighted by Crippen LogP contribution is -2.45. The van der Waals surface area contributed by atoms with Gasteiger partial charge < -0.3 is 9.64 Å². The van der Waals surface area contributed by atoms with Crippen molar-refractivity contribution in [1.29, 1.82) is 0 Å². The van der Waals surface area contributed by atoms with Gasteiger partial charge in [-0.05, 0) is 13.8 Å². The van der Waals surface area contributed by atoms with Gasteiger partial charge >= 0.3 is 0 Å². The second-order valence-corrected chi connectivity index (χ2v) is 7.25. The van der Waals surface area contributed by atoms with E-state index >= 15 is 0 Å². The second kappa shape index (κ2) is 5.21. The van der Waals surface area contributed by atoms with Crippen LogP contribution in [-0.4, -0.2) is 36.6 Å². The Kier molecular flexibility index (Phi) is 3.97. The number of carbonyl (C=O) groups is 1. The summed E-state index contributed by atoms with van der Waals surface area (Å²) in [7, 11) is 0. The van der Waals surface area contributed by atoms with Crippen LogP contribution in [0, 0.1) is 0 Å². The molecule has 1 aromatic heterocycles. The Balaban J connectivity index is 2.30. The van der Waals surface area contributed by atoms with Crippen LogP contribution in [-0.2, 0) is 10.2 Å². The molecule has 0 bridgehead atoms. The Bertz CT molecular complexity index is 455. The van der Waals surface area contributed by atoms with Crippen LogP contribution in [0.2, 0.25) is 0 Å². The van der Waals surface area contributed by atoms with Crippen molar-refractivity contribution in [3.63, 3.8) is 0 Å². The van der Waals surface area contributed by atoms with Crippen LogP contribution in [0.5, 0.6) is 0 Å². The van der Waals surface area contributed by atoms with Crippen LogP contribution >= 0.6 is 11.3 Å². The van der Waals surface area contributed by atoms with Crippen LogP contribution in [0.1, 0.15) is 50.0 Å². The van der Waals surface area contributed by atoms with Gasteiger partial charge in [0.2, 0.25) is 0 Å². The standard InChI is InChI=1S/C14H22N2O2S/c1-9-6-16(7-10(2)18-9)13-15-12(14(3,4)5)11(8-17)19-13/h8-10H,6-7H2,1-5H3. The molecule has 1 aromatic rings. The number of aromatic nitrogens is 1. The molecule has 2 rings (SSSR count). The number of morpholine rings is 1. The largest absolute Gasteiger partial charge is 0.372 e. The second-order valence-electron chi connectivity index (χ2n) is 6.24. The average molecular weight is 282 g/mol. The van der Waals surface area contributed by atoms with Gasteiger partial charge in [-0.25, -0.2) is 4.98 Å². The maximum Gasteiger partial charge on any atom is 0.186 e. The van der Waals surface area contributed by atoms with E-state index in [1.54, 1.807) is 0 Å². The smallest absolute Gasteiger partial charge is 0.186 e. The van der Waals surface area contributed by atoms with Crippen molar-refractivity contribution in [2.24, 2.45) is 0 Å². The van der Waals surface area contributed by atoms with Gasteiger partial charge in [-0.1, -0.05) is 32.1 Å². The number of thiazole rings is 1. The fraction of sp³-hybridized carbons (Fsp3) is 0.714. The van der Waals surface area contributed by atoms with Crippen LogP contribution in [0.4, 0.5) is 5.13 Å². The summed E-state index contributed by atoms with van der Waals surface area (Å²) in [6.45, 7) is 12.1. The quantitative estimate of drug-likeness (QED) is 0.782. The topological polar surface area (TPSA) is 42.4 Å². The number of aldehydes is 1. The Labute approximate surface area is 118 Å². The SMILES string of the molecule is CC1CN(c2nc(C(C)(C)C)c(C=O)s2)CC(C)O1. The van der Waals surface area contributed by atoms with Gasteiger partial charge in [0, 0.05) is 18.5 Å². The molecule has 1 fully saturated rings. The first-order valence-corrected chi connectivity index (χ1v) is 7.49. The van der Waals surface area contributed by atoms with E-state index in [-0.39, 0.29) is 17.6 Å². The molecule has 1 saturated heterocycles. The maximum atomic E-state index is 11.2. The molecule has 0 N–H and O–H groups in total. The van der Waals surface area contributed by atoms with Crippen LogP contribution in [0.25, 0.3) is 0 Å². The van der Waals surface area contributed by atoms with Crippen molar-refractivity contribution in [2.75, 3.05) is 18.0 Å². The lowest BCUT2D eigenvalue weighted by atomic mass is 9.91. The first-order chi connectivity index (χ1) is 8.81. The molecule has 106 valence electrons. The monoisotopic (exact) mass is 282 g/mol. The van der Waals surface area contributed by atoms with Gasteiger partial charge in [-0.3, -0.25) is 4.79 Å². The number of carbonyl (C=O) groups excluding carboxylic acids is 1. The molecule has 19 heavy (non-hydrogen) atoms. The minimum atomic E-state index is -0.103. The van der Waals surface area contributed by atoms with E-state index < -0.39 is 0 Å². The number of hydrogen-bond acceptors (Lipinski definition) is 5. The Morgan fingerprint density at radius 2 is 1.89 bits per heavy atom. The van der Waals surface area contributed by atoms with Crippen molar-refractivity contribution < 1.29 is 9.53 Å². The molecular weight excluding hydrogens is 260 g/mol. The highest BCUT2D eigenvalue weighted by molar-refractivity contribution is 7.17. The van der Waals surface area contributed by atoms with Crippen molar-refractivity contribution in [1.82, 2.24) is 4.98 Å². The summed E-state index contributed by atoms with van der Waals surface area (Å²) in [6, 6.07) is 0. The number of ether oxygens (including phenoxy) is 1. The minimum Gasteiger partial charge on any atom is -0.372 e. The normalized spacial score (nSPS) is 24.6. The first-order valence-electron chi connectivity index (χ1n) is 6.68. The number of anilines is 1. The molecule has 1 aliphatic rings. The van der Waals surface area contributed by atoms with Crippen molar-refractivity contribution in [3.8, 4) is 0 Å². The predicted octanol–water partition coefficient (Wildman–Crippen LogP) is 2.87. The Morgan fingerprint density at radius 1 is 1.32 bits per heavy atom. The molecule has 0 amide bonds. The third kappa shape index (κ3) is 3.15. The van der Waals surface area contributed by atoms with E-state index in [2.05, 4.69) is 39.5 Å². The fourth-order valence-electron chi connectivity index (χ4n) is 2.41. The minimum absolute atomic E-state index is 0.103. The highest BCUT2D eigenvalue weighted by atomic mass is 32.1. The Hall–Kier alpha value is -0.940. The van der Waals surface area contributed by atoms with Crippen molar-refractivity contribution in [2.45, 2.75) is 52.2 Å². The van der Waals surface area contributed by atoms with Gasteiger partial charge in [0.05, 0.1) is 22.8 Å². The summed E-state index contributed by atoms with van der Waals surface area (Å²) >= 11 is 1.49. The summed E-state index contributed by atoms with van der Waals surface area (Å²) in [5, 5.41) is 0.939. The average Bonchev–Trinajstić information content (AvgIpc) is 2.71. The maximum absolute atomic E-state index is 11.2. The van der Waals surface area contributed by atoms with Gasteiger partial charge in [0.25, 0.3) is 0 Å². The number of hydrogen-bond donors (Lipinski definition) is 0. The first kappa shape index (κ1) is 14.5. The van der Waals surface area contributed by atoms with E-state index in [9.17, 15) is 4.79 Å². The third-order valence-electron chi connectivity index (χ3n) is 3.15. The summed E-state index contributed by atoms with van der Waals surface area (Å²) in [5.41, 5.74) is 0.795. The fourth-order valence-corrected chi connectivity index (χ4v) is 3.52. The van der Waals surface area contributed by atoms with Gasteiger partial charge in [0.1, 0.15) is 0 Å². The van der Waals surface area contributed by atoms with E-state index in [1.165, 1.54) is 11.3 Å². The molecule has 1 aliphatic heterocycles. The van der Waals surface area contributed by atoms with E-state index in [1.807, 2.05) is 0 Å². The number of rotatable bonds is 2. The Morgan fingerprint density at radius 3 is 2.32 bits per heavy atom. The van der Waals surface area contributed by atoms with Gasteiger partial charge in [-0.2, -0.15) is 0 Å². The van der Waals surface area contributed by atoms with Crippen LogP contribution in [0.3, 0.4) is 0 Å². The van der Waals surface area contributed by atoms with E-state index in [0.717, 1.165) is 35.1 Å². The van der Waals surface area contributed by atoms with Crippen LogP contribution < -0.4 is 4.90 Å². The molecule has 2 heterocycles. The zero-order chi connectivity index (χ0) is 14.2. The molecule has 0 spiro atoms. The van der Waals surface area contributed by atoms with E-state index in [0.29, 0.717) is 0 Å². The number of nitrogens with zero attached hydrogens (tertiary/aromatic N) is 2. The molecule has 2 unspecified atom stereocenters. The van der Waals surface area contributed by atoms with Gasteiger partial charge in [-0.15, -0.1) is 0 Å². The summed E-state index contributed by atoms with van der Waals surface area (Å²) in [4.78, 5) is 18.9. The predicted molar refractivity (Wildman–Crippen MR) is 78.4 cm³/mol. The summed E-state index contributed by atoms with van der Waals surface area (Å²) in [5.74, 6) is 0. The zero-order valence-electron chi connectivity index (χ0n) is 12.3. The molecule has 0 radical (unpaired) electrons.